The van der Waals surface area contributed by atoms with Crippen molar-refractivity contribution in [2.45, 2.75) is 25.7 Å². The first-order valence-electron chi connectivity index (χ1n) is 5.29. The van der Waals surface area contributed by atoms with Gasteiger partial charge in [0.2, 0.25) is 5.96 Å². The normalized spacial score (nSPS) is 16.9. The number of halogens is 1. The van der Waals surface area contributed by atoms with E-state index in [1.807, 2.05) is 0 Å². The third-order valence-corrected chi connectivity index (χ3v) is 2.63. The van der Waals surface area contributed by atoms with Gasteiger partial charge in [0, 0.05) is 6.54 Å². The molecular formula is C9H22IN5. The monoisotopic (exact) mass is 327 g/mol. The van der Waals surface area contributed by atoms with Gasteiger partial charge in [-0.1, -0.05) is 6.42 Å². The molecule has 5 nitrogen and oxygen atoms in total. The molecule has 1 aliphatic rings. The zero-order valence-electron chi connectivity index (χ0n) is 9.11. The van der Waals surface area contributed by atoms with Crippen molar-refractivity contribution < 1.29 is 0 Å². The summed E-state index contributed by atoms with van der Waals surface area (Å²) in [6, 6.07) is 0. The number of nitrogens with two attached hydrogens (primary N) is 2. The fourth-order valence-corrected chi connectivity index (χ4v) is 1.77. The molecule has 90 valence electrons. The van der Waals surface area contributed by atoms with E-state index >= 15 is 0 Å². The van der Waals surface area contributed by atoms with Gasteiger partial charge in [-0.2, -0.15) is 0 Å². The molecule has 0 aromatic rings. The average Bonchev–Trinajstić information content (AvgIpc) is 2.19. The van der Waals surface area contributed by atoms with Crippen LogP contribution in [0.15, 0.2) is 0 Å². The van der Waals surface area contributed by atoms with E-state index in [1.165, 1.54) is 37.4 Å². The molecule has 0 aliphatic carbocycles. The minimum atomic E-state index is -0.0522. The van der Waals surface area contributed by atoms with Crippen molar-refractivity contribution in [3.63, 3.8) is 0 Å². The van der Waals surface area contributed by atoms with Crippen LogP contribution in [0.4, 0.5) is 0 Å². The lowest BCUT2D eigenvalue weighted by molar-refractivity contribution is 0.219. The van der Waals surface area contributed by atoms with E-state index in [9.17, 15) is 0 Å². The van der Waals surface area contributed by atoms with E-state index in [0.29, 0.717) is 6.54 Å². The van der Waals surface area contributed by atoms with Gasteiger partial charge in [0.25, 0.3) is 0 Å². The van der Waals surface area contributed by atoms with E-state index in [0.717, 1.165) is 13.0 Å². The maximum Gasteiger partial charge on any atom is 0.202 e. The summed E-state index contributed by atoms with van der Waals surface area (Å²) in [6.07, 6.45) is 4.99. The van der Waals surface area contributed by atoms with Gasteiger partial charge in [0.15, 0.2) is 0 Å². The van der Waals surface area contributed by atoms with Crippen molar-refractivity contribution in [1.29, 1.82) is 5.41 Å². The van der Waals surface area contributed by atoms with Crippen LogP contribution in [-0.2, 0) is 0 Å². The molecule has 1 saturated heterocycles. The molecule has 5 N–H and O–H groups in total. The molecule has 0 radical (unpaired) electrons. The van der Waals surface area contributed by atoms with Gasteiger partial charge in [-0.15, -0.1) is 24.0 Å². The molecule has 0 atom stereocenters. The zero-order valence-corrected chi connectivity index (χ0v) is 11.4. The fraction of sp³-hybridized carbons (Fsp3) is 0.889. The molecule has 0 spiro atoms. The summed E-state index contributed by atoms with van der Waals surface area (Å²) < 4.78 is 0. The molecule has 0 amide bonds. The highest BCUT2D eigenvalue weighted by Gasteiger charge is 2.09. The van der Waals surface area contributed by atoms with Crippen molar-refractivity contribution in [3.8, 4) is 0 Å². The van der Waals surface area contributed by atoms with Gasteiger partial charge < -0.3 is 10.6 Å². The lowest BCUT2D eigenvalue weighted by atomic mass is 10.1. The Labute approximate surface area is 109 Å². The summed E-state index contributed by atoms with van der Waals surface area (Å²) in [5, 5.41) is 8.38. The van der Waals surface area contributed by atoms with Crippen LogP contribution < -0.4 is 11.6 Å². The predicted molar refractivity (Wildman–Crippen MR) is 73.1 cm³/mol. The predicted octanol–water partition coefficient (Wildman–Crippen LogP) is 0.550. The molecule has 0 bridgehead atoms. The number of piperidine rings is 1. The Balaban J connectivity index is 0.00000196. The number of nitrogens with one attached hydrogen (secondary N) is 1. The Hall–Kier alpha value is -0.0800. The lowest BCUT2D eigenvalue weighted by Gasteiger charge is -2.27. The van der Waals surface area contributed by atoms with Crippen molar-refractivity contribution in [3.05, 3.63) is 0 Å². The van der Waals surface area contributed by atoms with Gasteiger partial charge in [-0.25, -0.2) is 5.84 Å². The highest BCUT2D eigenvalue weighted by molar-refractivity contribution is 14.0. The van der Waals surface area contributed by atoms with E-state index in [-0.39, 0.29) is 29.9 Å². The Bertz CT molecular complexity index is 181. The third kappa shape index (κ3) is 6.16. The number of hydrogen-bond donors (Lipinski definition) is 3. The molecule has 1 rings (SSSR count). The Morgan fingerprint density at radius 2 is 1.87 bits per heavy atom. The molecule has 1 heterocycles. The molecule has 0 aromatic carbocycles. The third-order valence-electron chi connectivity index (χ3n) is 2.63. The first kappa shape index (κ1) is 14.9. The van der Waals surface area contributed by atoms with Crippen LogP contribution in [0.1, 0.15) is 25.7 Å². The Kier molecular flexibility index (Phi) is 8.07. The lowest BCUT2D eigenvalue weighted by Crippen LogP contribution is -2.43. The highest BCUT2D eigenvalue weighted by atomic mass is 127. The second-order valence-corrected chi connectivity index (χ2v) is 3.83. The zero-order chi connectivity index (χ0) is 10.4. The molecule has 6 heteroatoms. The number of hydrazine groups is 1. The smallest absolute Gasteiger partial charge is 0.202 e. The Morgan fingerprint density at radius 1 is 1.27 bits per heavy atom. The Morgan fingerprint density at radius 3 is 2.40 bits per heavy atom. The van der Waals surface area contributed by atoms with Gasteiger partial charge in [0.1, 0.15) is 0 Å². The number of nitrogens with zero attached hydrogens (tertiary/aromatic N) is 2. The van der Waals surface area contributed by atoms with Crippen molar-refractivity contribution >= 4 is 29.9 Å². The summed E-state index contributed by atoms with van der Waals surface area (Å²) in [6.45, 7) is 4.17. The quantitative estimate of drug-likeness (QED) is 0.232. The molecular weight excluding hydrogens is 305 g/mol. The van der Waals surface area contributed by atoms with E-state index in [4.69, 9.17) is 17.0 Å². The van der Waals surface area contributed by atoms with Crippen LogP contribution in [0.3, 0.4) is 0 Å². The molecule has 0 unspecified atom stereocenters. The van der Waals surface area contributed by atoms with Crippen LogP contribution in [0.25, 0.3) is 0 Å². The second kappa shape index (κ2) is 8.12. The van der Waals surface area contributed by atoms with Crippen LogP contribution >= 0.6 is 24.0 Å². The van der Waals surface area contributed by atoms with Crippen LogP contribution in [0.2, 0.25) is 0 Å². The summed E-state index contributed by atoms with van der Waals surface area (Å²) >= 11 is 0. The molecule has 0 saturated carbocycles. The van der Waals surface area contributed by atoms with Crippen molar-refractivity contribution in [2.75, 3.05) is 26.2 Å². The number of likely N-dealkylation sites (tertiary alicyclic amines) is 1. The van der Waals surface area contributed by atoms with Gasteiger partial charge in [0.05, 0.1) is 0 Å². The molecule has 1 fully saturated rings. The first-order chi connectivity index (χ1) is 6.70. The van der Waals surface area contributed by atoms with Crippen LogP contribution in [-0.4, -0.2) is 42.0 Å². The van der Waals surface area contributed by atoms with E-state index in [2.05, 4.69) is 4.90 Å². The first-order valence-corrected chi connectivity index (χ1v) is 5.29. The molecule has 1 aliphatic heterocycles. The van der Waals surface area contributed by atoms with Crippen molar-refractivity contribution in [1.82, 2.24) is 9.91 Å². The average molecular weight is 327 g/mol. The van der Waals surface area contributed by atoms with Gasteiger partial charge in [-0.05, 0) is 38.9 Å². The number of guanidine groups is 1. The van der Waals surface area contributed by atoms with Crippen LogP contribution in [0.5, 0.6) is 0 Å². The van der Waals surface area contributed by atoms with Crippen molar-refractivity contribution in [2.24, 2.45) is 11.6 Å². The van der Waals surface area contributed by atoms with E-state index < -0.39 is 0 Å². The maximum atomic E-state index is 7.09. The summed E-state index contributed by atoms with van der Waals surface area (Å²) in [5.41, 5.74) is 5.23. The van der Waals surface area contributed by atoms with Gasteiger partial charge in [-0.3, -0.25) is 10.4 Å². The van der Waals surface area contributed by atoms with E-state index in [1.54, 1.807) is 0 Å². The summed E-state index contributed by atoms with van der Waals surface area (Å²) in [5.74, 6) is 5.45. The minimum Gasteiger partial charge on any atom is -0.369 e. The second-order valence-electron chi connectivity index (χ2n) is 3.83. The summed E-state index contributed by atoms with van der Waals surface area (Å²) in [7, 11) is 0. The number of hydrogen-bond acceptors (Lipinski definition) is 3. The van der Waals surface area contributed by atoms with Gasteiger partial charge >= 0.3 is 0 Å². The minimum absolute atomic E-state index is 0. The highest BCUT2D eigenvalue weighted by Crippen LogP contribution is 2.08. The molecule has 15 heavy (non-hydrogen) atoms. The summed E-state index contributed by atoms with van der Waals surface area (Å²) in [4.78, 5) is 2.46. The SMILES string of the molecule is I.N=C(N)N(N)CCCN1CCCCC1. The topological polar surface area (TPSA) is 82.4 Å². The largest absolute Gasteiger partial charge is 0.369 e. The maximum absolute atomic E-state index is 7.09. The fourth-order valence-electron chi connectivity index (χ4n) is 1.77. The molecule has 0 aromatic heterocycles. The van der Waals surface area contributed by atoms with Crippen LogP contribution in [0, 0.1) is 5.41 Å². The standard InChI is InChI=1S/C9H21N5.HI/c10-9(11)14(12)8-4-7-13-5-2-1-3-6-13;/h1-8,12H2,(H3,10,11);1H. The number of rotatable bonds is 4.